The highest BCUT2D eigenvalue weighted by molar-refractivity contribution is 7.25. The third-order valence-electron chi connectivity index (χ3n) is 11.6. The molecule has 4 heterocycles. The SMILES string of the molecule is c1ccc2oc(-c3cc(-c4nc(-c5ccc6c7ccccc7c7ccccc7c6c5)nc(-c5cccc6sc7ccccc7c56)n4)cc(-c4nc5ccccc5o4)c3)nc2c1. The lowest BCUT2D eigenvalue weighted by atomic mass is 9.93. The monoisotopic (exact) mass is 799 g/mol. The van der Waals surface area contributed by atoms with Gasteiger partial charge in [0.05, 0.1) is 0 Å². The molecule has 0 bridgehead atoms. The minimum atomic E-state index is 0.470. The third kappa shape index (κ3) is 5.46. The van der Waals surface area contributed by atoms with Gasteiger partial charge in [-0.3, -0.25) is 0 Å². The minimum Gasteiger partial charge on any atom is -0.436 e. The van der Waals surface area contributed by atoms with Crippen LogP contribution in [0.25, 0.3) is 132 Å². The Labute approximate surface area is 351 Å². The topological polar surface area (TPSA) is 90.7 Å². The molecule has 0 aliphatic carbocycles. The number of oxazole rings is 2. The van der Waals surface area contributed by atoms with Gasteiger partial charge in [-0.05, 0) is 93.0 Å². The number of hydrogen-bond donors (Lipinski definition) is 0. The van der Waals surface area contributed by atoms with E-state index in [1.807, 2.05) is 66.7 Å². The molecule has 61 heavy (non-hydrogen) atoms. The summed E-state index contributed by atoms with van der Waals surface area (Å²) in [5.74, 6) is 2.58. The molecule has 0 aliphatic heterocycles. The van der Waals surface area contributed by atoms with Crippen LogP contribution in [0.4, 0.5) is 0 Å². The molecule has 0 radical (unpaired) electrons. The van der Waals surface area contributed by atoms with Crippen LogP contribution in [0.15, 0.2) is 185 Å². The maximum absolute atomic E-state index is 6.35. The number of benzene rings is 9. The zero-order chi connectivity index (χ0) is 40.0. The summed E-state index contributed by atoms with van der Waals surface area (Å²) in [4.78, 5) is 25.7. The van der Waals surface area contributed by atoms with Crippen molar-refractivity contribution in [2.24, 2.45) is 0 Å². The van der Waals surface area contributed by atoms with E-state index in [0.717, 1.165) is 49.6 Å². The summed E-state index contributed by atoms with van der Waals surface area (Å²) in [7, 11) is 0. The molecule has 0 spiro atoms. The highest BCUT2D eigenvalue weighted by Gasteiger charge is 2.21. The van der Waals surface area contributed by atoms with E-state index in [1.54, 1.807) is 11.3 Å². The van der Waals surface area contributed by atoms with Crippen LogP contribution in [0.1, 0.15) is 0 Å². The number of rotatable bonds is 5. The van der Waals surface area contributed by atoms with E-state index in [4.69, 9.17) is 33.8 Å². The Kier molecular flexibility index (Phi) is 7.34. The van der Waals surface area contributed by atoms with Crippen molar-refractivity contribution in [3.8, 4) is 57.1 Å². The van der Waals surface area contributed by atoms with Gasteiger partial charge < -0.3 is 8.83 Å². The molecule has 0 amide bonds. The third-order valence-corrected chi connectivity index (χ3v) is 12.7. The number of hydrogen-bond acceptors (Lipinski definition) is 8. The molecule has 0 saturated carbocycles. The van der Waals surface area contributed by atoms with E-state index in [2.05, 4.69) is 109 Å². The fourth-order valence-corrected chi connectivity index (χ4v) is 9.89. The number of para-hydroxylation sites is 4. The first-order valence-electron chi connectivity index (χ1n) is 20.1. The summed E-state index contributed by atoms with van der Waals surface area (Å²) in [5, 5.41) is 9.42. The Morgan fingerprint density at radius 2 is 0.820 bits per heavy atom. The number of aromatic nitrogens is 5. The molecule has 9 aromatic carbocycles. The Hall–Kier alpha value is -8.07. The molecule has 0 aliphatic rings. The first-order chi connectivity index (χ1) is 30.2. The Morgan fingerprint density at radius 3 is 1.46 bits per heavy atom. The minimum absolute atomic E-state index is 0.470. The van der Waals surface area contributed by atoms with Crippen molar-refractivity contribution in [1.29, 1.82) is 0 Å². The molecule has 0 saturated heterocycles. The van der Waals surface area contributed by atoms with E-state index in [-0.39, 0.29) is 0 Å². The summed E-state index contributed by atoms with van der Waals surface area (Å²) in [6.45, 7) is 0. The predicted octanol–water partition coefficient (Wildman–Crippen LogP) is 14.3. The Balaban J connectivity index is 1.09. The van der Waals surface area contributed by atoms with E-state index in [9.17, 15) is 0 Å². The molecule has 284 valence electrons. The van der Waals surface area contributed by atoms with E-state index < -0.39 is 0 Å². The van der Waals surface area contributed by atoms with E-state index in [0.29, 0.717) is 40.4 Å². The summed E-state index contributed by atoms with van der Waals surface area (Å²) in [6.07, 6.45) is 0. The first kappa shape index (κ1) is 33.9. The molecule has 13 rings (SSSR count). The van der Waals surface area contributed by atoms with Gasteiger partial charge in [0.15, 0.2) is 28.6 Å². The quantitative estimate of drug-likeness (QED) is 0.160. The highest BCUT2D eigenvalue weighted by atomic mass is 32.1. The lowest BCUT2D eigenvalue weighted by molar-refractivity contribution is 0.617. The number of fused-ring (bicyclic) bond motifs is 11. The van der Waals surface area contributed by atoms with Gasteiger partial charge in [-0.15, -0.1) is 11.3 Å². The van der Waals surface area contributed by atoms with Crippen molar-refractivity contribution in [3.05, 3.63) is 176 Å². The second kappa shape index (κ2) is 13.2. The molecule has 13 aromatic rings. The van der Waals surface area contributed by atoms with Crippen LogP contribution in [-0.4, -0.2) is 24.9 Å². The molecular formula is C53H29N5O2S. The van der Waals surface area contributed by atoms with Crippen LogP contribution in [0.2, 0.25) is 0 Å². The van der Waals surface area contributed by atoms with E-state index in [1.165, 1.54) is 41.7 Å². The average Bonchev–Trinajstić information content (AvgIpc) is 4.07. The Bertz CT molecular complexity index is 3730. The molecule has 0 unspecified atom stereocenters. The van der Waals surface area contributed by atoms with Crippen LogP contribution in [0.5, 0.6) is 0 Å². The normalized spacial score (nSPS) is 11.9. The maximum Gasteiger partial charge on any atom is 0.227 e. The van der Waals surface area contributed by atoms with Crippen molar-refractivity contribution in [1.82, 2.24) is 24.9 Å². The summed E-state index contributed by atoms with van der Waals surface area (Å²) in [5.41, 5.74) is 6.97. The number of thiophene rings is 1. The molecule has 4 aromatic heterocycles. The summed E-state index contributed by atoms with van der Waals surface area (Å²) < 4.78 is 15.1. The summed E-state index contributed by atoms with van der Waals surface area (Å²) >= 11 is 1.77. The van der Waals surface area contributed by atoms with Gasteiger partial charge in [0.1, 0.15) is 11.0 Å². The molecule has 7 nitrogen and oxygen atoms in total. The van der Waals surface area contributed by atoms with Crippen molar-refractivity contribution >= 4 is 86.0 Å². The van der Waals surface area contributed by atoms with Gasteiger partial charge in [-0.1, -0.05) is 115 Å². The van der Waals surface area contributed by atoms with Crippen molar-refractivity contribution in [2.45, 2.75) is 0 Å². The van der Waals surface area contributed by atoms with Crippen LogP contribution in [0.3, 0.4) is 0 Å². The van der Waals surface area contributed by atoms with Crippen molar-refractivity contribution < 1.29 is 8.83 Å². The second-order valence-electron chi connectivity index (χ2n) is 15.2. The predicted molar refractivity (Wildman–Crippen MR) is 248 cm³/mol. The van der Waals surface area contributed by atoms with Crippen LogP contribution >= 0.6 is 11.3 Å². The average molecular weight is 800 g/mol. The fraction of sp³-hybridized carbons (Fsp3) is 0. The smallest absolute Gasteiger partial charge is 0.227 e. The maximum atomic E-state index is 6.35. The van der Waals surface area contributed by atoms with Crippen molar-refractivity contribution in [3.63, 3.8) is 0 Å². The Morgan fingerprint density at radius 1 is 0.328 bits per heavy atom. The number of nitrogens with zero attached hydrogens (tertiary/aromatic N) is 5. The molecule has 0 fully saturated rings. The van der Waals surface area contributed by atoms with Gasteiger partial charge in [-0.25, -0.2) is 24.9 Å². The highest BCUT2D eigenvalue weighted by Crippen LogP contribution is 2.42. The summed E-state index contributed by atoms with van der Waals surface area (Å²) in [6, 6.07) is 60.3. The lowest BCUT2D eigenvalue weighted by Gasteiger charge is -2.13. The fourth-order valence-electron chi connectivity index (χ4n) is 8.76. The largest absolute Gasteiger partial charge is 0.436 e. The molecule has 0 N–H and O–H groups in total. The van der Waals surface area contributed by atoms with Crippen LogP contribution < -0.4 is 0 Å². The van der Waals surface area contributed by atoms with Gasteiger partial charge in [-0.2, -0.15) is 0 Å². The van der Waals surface area contributed by atoms with Gasteiger partial charge in [0.25, 0.3) is 0 Å². The van der Waals surface area contributed by atoms with Crippen molar-refractivity contribution in [2.75, 3.05) is 0 Å². The van der Waals surface area contributed by atoms with Gasteiger partial charge in [0, 0.05) is 48.0 Å². The van der Waals surface area contributed by atoms with Crippen LogP contribution in [0, 0.1) is 0 Å². The first-order valence-corrected chi connectivity index (χ1v) is 20.9. The molecule has 8 heteroatoms. The lowest BCUT2D eigenvalue weighted by Crippen LogP contribution is -2.01. The zero-order valence-corrected chi connectivity index (χ0v) is 33.0. The van der Waals surface area contributed by atoms with Gasteiger partial charge >= 0.3 is 0 Å². The van der Waals surface area contributed by atoms with Crippen LogP contribution in [-0.2, 0) is 0 Å². The van der Waals surface area contributed by atoms with Gasteiger partial charge in [0.2, 0.25) is 11.8 Å². The van der Waals surface area contributed by atoms with E-state index >= 15 is 0 Å². The zero-order valence-electron chi connectivity index (χ0n) is 32.2. The molecule has 0 atom stereocenters. The standard InChI is InChI=1S/C53H29N5O2S/c1-2-14-36-34(12-1)35-13-3-4-15-37(35)41-29-30(24-25-38(36)41)49-56-50(58-51(57-49)40-17-11-23-47-48(40)39-16-5-10-22-46(39)61-47)31-26-32(52-54-42-18-6-8-20-44(42)59-52)28-33(27-31)53-55-43-19-7-9-21-45(43)60-53/h1-29H. The second-order valence-corrected chi connectivity index (χ2v) is 16.3. The molecular weight excluding hydrogens is 771 g/mol.